The summed E-state index contributed by atoms with van der Waals surface area (Å²) < 4.78 is 16.2. The quantitative estimate of drug-likeness (QED) is 0.912. The summed E-state index contributed by atoms with van der Waals surface area (Å²) in [5, 5.41) is 9.38. The Hall–Kier alpha value is -1.69. The number of imidazole rings is 1. The molecule has 2 aromatic rings. The second-order valence-corrected chi connectivity index (χ2v) is 5.52. The van der Waals surface area contributed by atoms with Gasteiger partial charge in [-0.15, -0.1) is 0 Å². The van der Waals surface area contributed by atoms with Gasteiger partial charge in [0.1, 0.15) is 22.3 Å². The van der Waals surface area contributed by atoms with E-state index in [4.69, 9.17) is 0 Å². The minimum atomic E-state index is -0.909. The van der Waals surface area contributed by atoms with Crippen molar-refractivity contribution in [1.29, 1.82) is 0 Å². The largest absolute Gasteiger partial charge is 0.480 e. The number of benzene rings is 1. The smallest absolute Gasteiger partial charge is 0.326 e. The number of nitrogens with zero attached hydrogens (tertiary/aromatic N) is 2. The third-order valence-corrected chi connectivity index (χ3v) is 4.20. The van der Waals surface area contributed by atoms with Crippen LogP contribution in [-0.2, 0) is 11.2 Å². The SMILES string of the molecule is O=C(O)C1CCCc2c(Br)nc(-c3ccccc3F)n21. The summed E-state index contributed by atoms with van der Waals surface area (Å²) in [6, 6.07) is 5.59. The first-order chi connectivity index (χ1) is 9.59. The minimum absolute atomic E-state index is 0.326. The summed E-state index contributed by atoms with van der Waals surface area (Å²) in [6.07, 6.45) is 2.07. The van der Waals surface area contributed by atoms with Crippen LogP contribution < -0.4 is 0 Å². The molecule has 0 saturated heterocycles. The summed E-state index contributed by atoms with van der Waals surface area (Å²) in [5.41, 5.74) is 1.15. The Morgan fingerprint density at radius 1 is 1.45 bits per heavy atom. The number of carboxylic acids is 1. The van der Waals surface area contributed by atoms with Crippen molar-refractivity contribution in [1.82, 2.24) is 9.55 Å². The zero-order valence-electron chi connectivity index (χ0n) is 10.5. The third kappa shape index (κ3) is 2.04. The van der Waals surface area contributed by atoms with Gasteiger partial charge in [0.2, 0.25) is 0 Å². The fourth-order valence-corrected chi connectivity index (χ4v) is 3.21. The molecule has 1 atom stereocenters. The van der Waals surface area contributed by atoms with Crippen LogP contribution in [0.4, 0.5) is 4.39 Å². The van der Waals surface area contributed by atoms with Crippen molar-refractivity contribution in [3.63, 3.8) is 0 Å². The van der Waals surface area contributed by atoms with Crippen LogP contribution in [-0.4, -0.2) is 20.6 Å². The van der Waals surface area contributed by atoms with Crippen molar-refractivity contribution < 1.29 is 14.3 Å². The van der Waals surface area contributed by atoms with Crippen LogP contribution >= 0.6 is 15.9 Å². The number of hydrogen-bond acceptors (Lipinski definition) is 2. The highest BCUT2D eigenvalue weighted by atomic mass is 79.9. The lowest BCUT2D eigenvalue weighted by Crippen LogP contribution is -2.25. The Labute approximate surface area is 123 Å². The molecule has 1 aromatic carbocycles. The molecular formula is C14H12BrFN2O2. The van der Waals surface area contributed by atoms with Crippen LogP contribution in [0.5, 0.6) is 0 Å². The number of carbonyl (C=O) groups is 1. The first kappa shape index (κ1) is 13.3. The second kappa shape index (κ2) is 5.01. The normalized spacial score (nSPS) is 17.8. The maximum atomic E-state index is 14.0. The van der Waals surface area contributed by atoms with Crippen molar-refractivity contribution in [2.75, 3.05) is 0 Å². The van der Waals surface area contributed by atoms with E-state index >= 15 is 0 Å². The van der Waals surface area contributed by atoms with E-state index in [0.29, 0.717) is 22.4 Å². The van der Waals surface area contributed by atoms with E-state index in [2.05, 4.69) is 20.9 Å². The van der Waals surface area contributed by atoms with Gasteiger partial charge in [0.15, 0.2) is 0 Å². The summed E-state index contributed by atoms with van der Waals surface area (Å²) in [4.78, 5) is 15.8. The Morgan fingerprint density at radius 3 is 2.90 bits per heavy atom. The van der Waals surface area contributed by atoms with Crippen LogP contribution in [0, 0.1) is 5.82 Å². The van der Waals surface area contributed by atoms with E-state index in [-0.39, 0.29) is 0 Å². The van der Waals surface area contributed by atoms with Crippen LogP contribution in [0.2, 0.25) is 0 Å². The molecule has 0 saturated carbocycles. The number of hydrogen-bond donors (Lipinski definition) is 1. The second-order valence-electron chi connectivity index (χ2n) is 4.77. The van der Waals surface area contributed by atoms with E-state index < -0.39 is 17.8 Å². The summed E-state index contributed by atoms with van der Waals surface area (Å²) in [6.45, 7) is 0. The van der Waals surface area contributed by atoms with Crippen molar-refractivity contribution in [2.24, 2.45) is 0 Å². The lowest BCUT2D eigenvalue weighted by molar-refractivity contribution is -0.141. The van der Waals surface area contributed by atoms with E-state index in [1.54, 1.807) is 22.8 Å². The third-order valence-electron chi connectivity index (χ3n) is 3.56. The van der Waals surface area contributed by atoms with Crippen LogP contribution in [0.1, 0.15) is 24.6 Å². The molecule has 6 heteroatoms. The predicted molar refractivity (Wildman–Crippen MR) is 74.9 cm³/mol. The molecule has 1 N–H and O–H groups in total. The van der Waals surface area contributed by atoms with E-state index in [9.17, 15) is 14.3 Å². The molecule has 0 aliphatic carbocycles. The molecule has 3 rings (SSSR count). The molecule has 0 fully saturated rings. The highest BCUT2D eigenvalue weighted by Crippen LogP contribution is 2.36. The molecule has 2 heterocycles. The Balaban J connectivity index is 2.23. The number of rotatable bonds is 2. The number of aromatic nitrogens is 2. The first-order valence-corrected chi connectivity index (χ1v) is 7.13. The minimum Gasteiger partial charge on any atom is -0.480 e. The summed E-state index contributed by atoms with van der Waals surface area (Å²) in [7, 11) is 0. The maximum Gasteiger partial charge on any atom is 0.326 e. The van der Waals surface area contributed by atoms with Gasteiger partial charge in [-0.05, 0) is 47.3 Å². The van der Waals surface area contributed by atoms with Gasteiger partial charge >= 0.3 is 5.97 Å². The van der Waals surface area contributed by atoms with Crippen LogP contribution in [0.3, 0.4) is 0 Å². The molecule has 20 heavy (non-hydrogen) atoms. The monoisotopic (exact) mass is 338 g/mol. The average Bonchev–Trinajstić information content (AvgIpc) is 2.77. The van der Waals surface area contributed by atoms with Crippen molar-refractivity contribution >= 4 is 21.9 Å². The molecule has 0 amide bonds. The molecule has 0 spiro atoms. The molecule has 0 bridgehead atoms. The van der Waals surface area contributed by atoms with Gasteiger partial charge in [-0.25, -0.2) is 14.2 Å². The number of carboxylic acid groups (broad SMARTS) is 1. The molecule has 104 valence electrons. The predicted octanol–water partition coefficient (Wildman–Crippen LogP) is 3.41. The van der Waals surface area contributed by atoms with Crippen molar-refractivity contribution in [2.45, 2.75) is 25.3 Å². The Bertz CT molecular complexity index is 684. The number of fused-ring (bicyclic) bond motifs is 1. The Kier molecular flexibility index (Phi) is 3.33. The van der Waals surface area contributed by atoms with Crippen LogP contribution in [0.15, 0.2) is 28.9 Å². The fourth-order valence-electron chi connectivity index (χ4n) is 2.66. The summed E-state index contributed by atoms with van der Waals surface area (Å²) in [5.74, 6) is -0.937. The van der Waals surface area contributed by atoms with Gasteiger partial charge in [0.25, 0.3) is 0 Å². The lowest BCUT2D eigenvalue weighted by Gasteiger charge is -2.24. The zero-order chi connectivity index (χ0) is 14.3. The molecular weight excluding hydrogens is 327 g/mol. The lowest BCUT2D eigenvalue weighted by atomic mass is 10.0. The summed E-state index contributed by atoms with van der Waals surface area (Å²) >= 11 is 3.35. The van der Waals surface area contributed by atoms with Gasteiger partial charge in [-0.3, -0.25) is 0 Å². The zero-order valence-corrected chi connectivity index (χ0v) is 12.1. The number of aliphatic carboxylic acids is 1. The van der Waals surface area contributed by atoms with Gasteiger partial charge in [0, 0.05) is 0 Å². The molecule has 1 aliphatic rings. The van der Waals surface area contributed by atoms with Gasteiger partial charge in [-0.1, -0.05) is 12.1 Å². The molecule has 1 unspecified atom stereocenters. The molecule has 1 aliphatic heterocycles. The van der Waals surface area contributed by atoms with Gasteiger partial charge < -0.3 is 9.67 Å². The van der Waals surface area contributed by atoms with Crippen molar-refractivity contribution in [3.8, 4) is 11.4 Å². The Morgan fingerprint density at radius 2 is 2.20 bits per heavy atom. The van der Waals surface area contributed by atoms with Crippen molar-refractivity contribution in [3.05, 3.63) is 40.4 Å². The van der Waals surface area contributed by atoms with E-state index in [1.807, 2.05) is 0 Å². The highest BCUT2D eigenvalue weighted by Gasteiger charge is 2.31. The molecule has 4 nitrogen and oxygen atoms in total. The van der Waals surface area contributed by atoms with Gasteiger partial charge in [0.05, 0.1) is 11.3 Å². The first-order valence-electron chi connectivity index (χ1n) is 6.34. The fraction of sp³-hybridized carbons (Fsp3) is 0.286. The van der Waals surface area contributed by atoms with E-state index in [1.165, 1.54) is 6.07 Å². The highest BCUT2D eigenvalue weighted by molar-refractivity contribution is 9.10. The van der Waals surface area contributed by atoms with Crippen LogP contribution in [0.25, 0.3) is 11.4 Å². The van der Waals surface area contributed by atoms with Gasteiger partial charge in [-0.2, -0.15) is 0 Å². The molecule has 1 aromatic heterocycles. The standard InChI is InChI=1S/C14H12BrFN2O2/c15-12-10-6-3-7-11(14(19)20)18(10)13(17-12)8-4-1-2-5-9(8)16/h1-2,4-5,11H,3,6-7H2,(H,19,20). The number of halogens is 2. The maximum absolute atomic E-state index is 14.0. The topological polar surface area (TPSA) is 55.1 Å². The van der Waals surface area contributed by atoms with E-state index in [0.717, 1.165) is 18.5 Å². The molecule has 0 radical (unpaired) electrons. The average molecular weight is 339 g/mol.